The Morgan fingerprint density at radius 3 is 2.00 bits per heavy atom. The van der Waals surface area contributed by atoms with E-state index >= 15 is 0 Å². The first-order chi connectivity index (χ1) is 13.7. The van der Waals surface area contributed by atoms with Gasteiger partial charge in [0.05, 0.1) is 5.41 Å². The summed E-state index contributed by atoms with van der Waals surface area (Å²) >= 11 is 0. The third-order valence-electron chi connectivity index (χ3n) is 6.34. The Balaban J connectivity index is 1.62. The lowest BCUT2D eigenvalue weighted by Crippen LogP contribution is -2.65. The van der Waals surface area contributed by atoms with Crippen LogP contribution in [0.15, 0.2) is 0 Å². The summed E-state index contributed by atoms with van der Waals surface area (Å²) in [4.78, 5) is 39.7. The summed E-state index contributed by atoms with van der Waals surface area (Å²) in [5.74, 6) is -0.425. The summed E-state index contributed by atoms with van der Waals surface area (Å²) in [5, 5.41) is 40.4. The van der Waals surface area contributed by atoms with E-state index in [4.69, 9.17) is 9.47 Å². The van der Waals surface area contributed by atoms with Crippen LogP contribution in [0, 0.1) is 5.41 Å². The minimum absolute atomic E-state index is 0.124. The van der Waals surface area contributed by atoms with Crippen molar-refractivity contribution in [3.8, 4) is 0 Å². The molecule has 3 aliphatic rings. The van der Waals surface area contributed by atoms with E-state index in [0.29, 0.717) is 19.4 Å². The van der Waals surface area contributed by atoms with Crippen molar-refractivity contribution in [2.75, 3.05) is 26.7 Å². The van der Waals surface area contributed by atoms with Crippen molar-refractivity contribution in [1.82, 2.24) is 9.80 Å². The maximum Gasteiger partial charge on any atom is 0.410 e. The molecule has 2 aliphatic heterocycles. The Morgan fingerprint density at radius 2 is 1.55 bits per heavy atom. The molecule has 1 aliphatic carbocycles. The monoisotopic (exact) mass is 416 g/mol. The number of hydrogen-bond acceptors (Lipinski definition) is 9. The number of hydrogen-bond donors (Lipinski definition) is 4. The van der Waals surface area contributed by atoms with Gasteiger partial charge in [-0.2, -0.15) is 0 Å². The molecule has 0 aromatic heterocycles. The van der Waals surface area contributed by atoms with Crippen molar-refractivity contribution in [3.63, 3.8) is 0 Å². The number of nitrogens with zero attached hydrogens (tertiary/aromatic N) is 2. The van der Waals surface area contributed by atoms with Gasteiger partial charge in [0.2, 0.25) is 11.8 Å². The van der Waals surface area contributed by atoms with Gasteiger partial charge in [-0.1, -0.05) is 0 Å². The third-order valence-corrected chi connectivity index (χ3v) is 6.34. The molecule has 11 heteroatoms. The molecule has 164 valence electrons. The molecule has 0 aromatic rings. The van der Waals surface area contributed by atoms with Crippen molar-refractivity contribution in [2.24, 2.45) is 5.41 Å². The summed E-state index contributed by atoms with van der Waals surface area (Å²) in [6, 6.07) is 0. The van der Waals surface area contributed by atoms with Crippen molar-refractivity contribution < 1.29 is 44.3 Å². The molecule has 29 heavy (non-hydrogen) atoms. The molecule has 1 spiro atoms. The molecule has 1 saturated carbocycles. The molecule has 3 fully saturated rings. The quantitative estimate of drug-likeness (QED) is 0.376. The molecule has 4 unspecified atom stereocenters. The van der Waals surface area contributed by atoms with Gasteiger partial charge in [-0.15, -0.1) is 0 Å². The van der Waals surface area contributed by atoms with E-state index in [1.54, 1.807) is 6.92 Å². The van der Waals surface area contributed by atoms with E-state index in [1.165, 1.54) is 16.9 Å². The predicted molar refractivity (Wildman–Crippen MR) is 95.3 cm³/mol. The zero-order chi connectivity index (χ0) is 21.5. The SMILES string of the molecule is CCN1C(=O)CC2(CCN(C(=O)OC3C(O)C(O)C(OC)C(O)C3O)CC2)C1=O. The number of ether oxygens (including phenoxy) is 2. The second-order valence-corrected chi connectivity index (χ2v) is 7.90. The molecule has 2 heterocycles. The molecule has 11 nitrogen and oxygen atoms in total. The second-order valence-electron chi connectivity index (χ2n) is 7.90. The molecule has 3 rings (SSSR count). The van der Waals surface area contributed by atoms with Crippen LogP contribution >= 0.6 is 0 Å². The van der Waals surface area contributed by atoms with Gasteiger partial charge in [0, 0.05) is 33.2 Å². The maximum absolute atomic E-state index is 12.6. The first-order valence-corrected chi connectivity index (χ1v) is 9.72. The largest absolute Gasteiger partial charge is 0.440 e. The Morgan fingerprint density at radius 1 is 1.03 bits per heavy atom. The van der Waals surface area contributed by atoms with Crippen LogP contribution in [0.5, 0.6) is 0 Å². The molecular formula is C18H28N2O9. The Labute approximate surface area is 167 Å². The Kier molecular flexibility index (Phi) is 6.16. The highest BCUT2D eigenvalue weighted by Crippen LogP contribution is 2.42. The van der Waals surface area contributed by atoms with Crippen LogP contribution in [0.1, 0.15) is 26.2 Å². The van der Waals surface area contributed by atoms with Crippen molar-refractivity contribution in [1.29, 1.82) is 0 Å². The van der Waals surface area contributed by atoms with E-state index in [9.17, 15) is 34.8 Å². The normalized spacial score (nSPS) is 37.3. The van der Waals surface area contributed by atoms with E-state index in [-0.39, 0.29) is 31.3 Å². The fraction of sp³-hybridized carbons (Fsp3) is 0.833. The number of piperidine rings is 1. The topological polar surface area (TPSA) is 157 Å². The van der Waals surface area contributed by atoms with Gasteiger partial charge in [-0.3, -0.25) is 14.5 Å². The van der Waals surface area contributed by atoms with Crippen LogP contribution < -0.4 is 0 Å². The van der Waals surface area contributed by atoms with Crippen LogP contribution in [-0.4, -0.2) is 112 Å². The van der Waals surface area contributed by atoms with Gasteiger partial charge < -0.3 is 34.8 Å². The van der Waals surface area contributed by atoms with Gasteiger partial charge in [0.15, 0.2) is 6.10 Å². The lowest BCUT2D eigenvalue weighted by molar-refractivity contribution is -0.230. The summed E-state index contributed by atoms with van der Waals surface area (Å²) in [6.07, 6.45) is -9.28. The van der Waals surface area contributed by atoms with Crippen molar-refractivity contribution in [2.45, 2.75) is 62.8 Å². The first-order valence-electron chi connectivity index (χ1n) is 9.72. The highest BCUT2D eigenvalue weighted by molar-refractivity contribution is 6.06. The molecule has 0 bridgehead atoms. The average Bonchev–Trinajstić information content (AvgIpc) is 2.93. The van der Waals surface area contributed by atoms with E-state index in [1.807, 2.05) is 0 Å². The number of aliphatic hydroxyl groups is 4. The van der Waals surface area contributed by atoms with Crippen LogP contribution in [0.25, 0.3) is 0 Å². The van der Waals surface area contributed by atoms with Crippen molar-refractivity contribution in [3.05, 3.63) is 0 Å². The summed E-state index contributed by atoms with van der Waals surface area (Å²) in [7, 11) is 1.21. The van der Waals surface area contributed by atoms with Gasteiger partial charge in [-0.25, -0.2) is 4.79 Å². The minimum Gasteiger partial charge on any atom is -0.440 e. The number of aliphatic hydroxyl groups excluding tert-OH is 4. The highest BCUT2D eigenvalue weighted by atomic mass is 16.6. The number of imide groups is 1. The van der Waals surface area contributed by atoms with Crippen LogP contribution in [0.2, 0.25) is 0 Å². The van der Waals surface area contributed by atoms with Crippen molar-refractivity contribution >= 4 is 17.9 Å². The lowest BCUT2D eigenvalue weighted by atomic mass is 9.77. The van der Waals surface area contributed by atoms with E-state index in [0.717, 1.165) is 0 Å². The van der Waals surface area contributed by atoms with Gasteiger partial charge >= 0.3 is 6.09 Å². The van der Waals surface area contributed by atoms with Crippen LogP contribution in [0.4, 0.5) is 4.79 Å². The van der Waals surface area contributed by atoms with Crippen LogP contribution in [0.3, 0.4) is 0 Å². The van der Waals surface area contributed by atoms with E-state index in [2.05, 4.69) is 0 Å². The number of methoxy groups -OCH3 is 1. The molecule has 4 N–H and O–H groups in total. The number of amides is 3. The maximum atomic E-state index is 12.6. The molecule has 2 saturated heterocycles. The summed E-state index contributed by atoms with van der Waals surface area (Å²) in [6.45, 7) is 2.38. The average molecular weight is 416 g/mol. The van der Waals surface area contributed by atoms with Crippen LogP contribution in [-0.2, 0) is 19.1 Å². The lowest BCUT2D eigenvalue weighted by Gasteiger charge is -2.43. The second kappa shape index (κ2) is 8.15. The molecule has 4 atom stereocenters. The molecular weight excluding hydrogens is 388 g/mol. The summed E-state index contributed by atoms with van der Waals surface area (Å²) in [5.41, 5.74) is -0.800. The first kappa shape index (κ1) is 21.9. The molecule has 3 amide bonds. The number of likely N-dealkylation sites (tertiary alicyclic amines) is 2. The van der Waals surface area contributed by atoms with Gasteiger partial charge in [-0.05, 0) is 19.8 Å². The fourth-order valence-corrected chi connectivity index (χ4v) is 4.48. The highest BCUT2D eigenvalue weighted by Gasteiger charge is 2.54. The molecule has 0 radical (unpaired) electrons. The number of carbonyl (C=O) groups is 3. The van der Waals surface area contributed by atoms with Gasteiger partial charge in [0.1, 0.15) is 30.5 Å². The van der Waals surface area contributed by atoms with E-state index < -0.39 is 48.1 Å². The zero-order valence-electron chi connectivity index (χ0n) is 16.4. The predicted octanol–water partition coefficient (Wildman–Crippen LogP) is -2.18. The Bertz CT molecular complexity index is 648. The minimum atomic E-state index is -1.65. The fourth-order valence-electron chi connectivity index (χ4n) is 4.48. The summed E-state index contributed by atoms with van der Waals surface area (Å²) < 4.78 is 10.1. The van der Waals surface area contributed by atoms with Gasteiger partial charge in [0.25, 0.3) is 0 Å². The third kappa shape index (κ3) is 3.61. The molecule has 0 aromatic carbocycles. The Hall–Kier alpha value is -1.79. The standard InChI is InChI=1S/C18H28N2O9/c1-3-20-9(21)8-18(16(20)26)4-6-19(7-5-18)17(27)29-15-12(24)10(22)14(28-2)11(23)13(15)25/h10-15,22-25H,3-8H2,1-2H3. The number of rotatable bonds is 3. The smallest absolute Gasteiger partial charge is 0.410 e. The zero-order valence-corrected chi connectivity index (χ0v) is 16.4. The number of carbonyl (C=O) groups excluding carboxylic acids is 3.